The van der Waals surface area contributed by atoms with Gasteiger partial charge >= 0.3 is 0 Å². The van der Waals surface area contributed by atoms with Gasteiger partial charge in [0, 0.05) is 17.3 Å². The van der Waals surface area contributed by atoms with E-state index in [0.29, 0.717) is 17.3 Å². The molecule has 9 heteroatoms. The summed E-state index contributed by atoms with van der Waals surface area (Å²) in [5, 5.41) is 9.17. The standard InChI is InChI=1S/C21H19N5O3S/c1-13-9-18(26-29-13)25-20(28)12-30-11-19(27)22-15-6-4-5-14(10-15)21-23-16-7-2-3-8-17(16)24-21/h2-10H,11-12H2,1H3,(H,22,27)(H,23,24)(H,25,26,28). The lowest BCUT2D eigenvalue weighted by Gasteiger charge is -2.06. The summed E-state index contributed by atoms with van der Waals surface area (Å²) in [7, 11) is 0. The van der Waals surface area contributed by atoms with E-state index in [1.807, 2.05) is 48.5 Å². The molecule has 0 bridgehead atoms. The Balaban J connectivity index is 1.30. The predicted octanol–water partition coefficient (Wildman–Crippen LogP) is 3.84. The molecular weight excluding hydrogens is 402 g/mol. The fourth-order valence-electron chi connectivity index (χ4n) is 2.87. The van der Waals surface area contributed by atoms with Crippen molar-refractivity contribution in [2.75, 3.05) is 22.1 Å². The smallest absolute Gasteiger partial charge is 0.235 e. The van der Waals surface area contributed by atoms with Gasteiger partial charge in [0.05, 0.1) is 22.5 Å². The number of hydrogen-bond acceptors (Lipinski definition) is 6. The van der Waals surface area contributed by atoms with Crippen LogP contribution in [-0.4, -0.2) is 38.4 Å². The maximum Gasteiger partial charge on any atom is 0.235 e. The molecule has 2 aromatic carbocycles. The molecule has 0 aliphatic heterocycles. The van der Waals surface area contributed by atoms with Gasteiger partial charge in [0.2, 0.25) is 11.8 Å². The number of imidazole rings is 1. The minimum absolute atomic E-state index is 0.137. The number of thioether (sulfide) groups is 1. The summed E-state index contributed by atoms with van der Waals surface area (Å²) in [4.78, 5) is 32.0. The Hall–Kier alpha value is -3.59. The number of carbonyl (C=O) groups excluding carboxylic acids is 2. The number of fused-ring (bicyclic) bond motifs is 1. The average molecular weight is 421 g/mol. The molecule has 3 N–H and O–H groups in total. The highest BCUT2D eigenvalue weighted by Crippen LogP contribution is 2.23. The molecule has 0 saturated carbocycles. The Kier molecular flexibility index (Phi) is 5.80. The van der Waals surface area contributed by atoms with E-state index in [0.717, 1.165) is 22.4 Å². The van der Waals surface area contributed by atoms with E-state index in [4.69, 9.17) is 4.52 Å². The van der Waals surface area contributed by atoms with Crippen LogP contribution >= 0.6 is 11.8 Å². The normalized spacial score (nSPS) is 10.8. The van der Waals surface area contributed by atoms with Gasteiger partial charge in [-0.05, 0) is 31.2 Å². The van der Waals surface area contributed by atoms with Crippen molar-refractivity contribution in [2.24, 2.45) is 0 Å². The molecule has 152 valence electrons. The molecule has 0 saturated heterocycles. The highest BCUT2D eigenvalue weighted by molar-refractivity contribution is 8.00. The van der Waals surface area contributed by atoms with E-state index in [2.05, 4.69) is 25.8 Å². The first-order chi connectivity index (χ1) is 14.6. The van der Waals surface area contributed by atoms with Gasteiger partial charge in [-0.3, -0.25) is 9.59 Å². The monoisotopic (exact) mass is 421 g/mol. The van der Waals surface area contributed by atoms with Crippen molar-refractivity contribution in [1.29, 1.82) is 0 Å². The topological polar surface area (TPSA) is 113 Å². The van der Waals surface area contributed by atoms with Crippen LogP contribution in [0, 0.1) is 6.92 Å². The van der Waals surface area contributed by atoms with Gasteiger partial charge in [-0.25, -0.2) is 4.98 Å². The third kappa shape index (κ3) is 4.87. The SMILES string of the molecule is Cc1cc(NC(=O)CSCC(=O)Nc2cccc(-c3nc4ccccc4[nH]3)c2)no1. The van der Waals surface area contributed by atoms with Crippen LogP contribution in [0.15, 0.2) is 59.1 Å². The number of H-pyrrole nitrogens is 1. The van der Waals surface area contributed by atoms with Crippen molar-refractivity contribution in [2.45, 2.75) is 6.92 Å². The second-order valence-corrected chi connectivity index (χ2v) is 7.58. The third-order valence-electron chi connectivity index (χ3n) is 4.17. The number of carbonyl (C=O) groups is 2. The molecule has 8 nitrogen and oxygen atoms in total. The molecule has 0 atom stereocenters. The maximum atomic E-state index is 12.2. The molecule has 4 aromatic rings. The fraction of sp³-hybridized carbons (Fsp3) is 0.143. The Morgan fingerprint density at radius 2 is 1.83 bits per heavy atom. The number of nitrogens with one attached hydrogen (secondary N) is 3. The van der Waals surface area contributed by atoms with Crippen molar-refractivity contribution >= 4 is 46.1 Å². The summed E-state index contributed by atoms with van der Waals surface area (Å²) in [5.74, 6) is 1.58. The van der Waals surface area contributed by atoms with Crippen molar-refractivity contribution in [3.05, 3.63) is 60.4 Å². The summed E-state index contributed by atoms with van der Waals surface area (Å²) in [6.07, 6.45) is 0. The van der Waals surface area contributed by atoms with Crippen LogP contribution in [0.4, 0.5) is 11.5 Å². The minimum atomic E-state index is -0.243. The molecule has 0 spiro atoms. The number of benzene rings is 2. The zero-order valence-corrected chi connectivity index (χ0v) is 17.0. The number of anilines is 2. The van der Waals surface area contributed by atoms with Crippen LogP contribution < -0.4 is 10.6 Å². The number of hydrogen-bond donors (Lipinski definition) is 3. The number of nitrogens with zero attached hydrogens (tertiary/aromatic N) is 2. The third-order valence-corrected chi connectivity index (χ3v) is 5.10. The number of para-hydroxylation sites is 2. The van der Waals surface area contributed by atoms with Gasteiger partial charge in [-0.1, -0.05) is 29.4 Å². The summed E-state index contributed by atoms with van der Waals surface area (Å²) >= 11 is 1.22. The Morgan fingerprint density at radius 3 is 2.60 bits per heavy atom. The van der Waals surface area contributed by atoms with Crippen LogP contribution in [0.25, 0.3) is 22.4 Å². The number of aryl methyl sites for hydroxylation is 1. The van der Waals surface area contributed by atoms with Crippen molar-refractivity contribution in [1.82, 2.24) is 15.1 Å². The van der Waals surface area contributed by atoms with E-state index in [9.17, 15) is 9.59 Å². The zero-order chi connectivity index (χ0) is 20.9. The number of amides is 2. The van der Waals surface area contributed by atoms with Crippen molar-refractivity contribution < 1.29 is 14.1 Å². The first kappa shape index (κ1) is 19.7. The lowest BCUT2D eigenvalue weighted by molar-refractivity contribution is -0.114. The Bertz CT molecular complexity index is 1170. The van der Waals surface area contributed by atoms with Gasteiger partial charge in [0.1, 0.15) is 11.6 Å². The molecule has 0 aliphatic carbocycles. The molecule has 0 unspecified atom stereocenters. The molecule has 0 aliphatic rings. The predicted molar refractivity (Wildman–Crippen MR) is 117 cm³/mol. The second kappa shape index (κ2) is 8.83. The van der Waals surface area contributed by atoms with Gasteiger partial charge < -0.3 is 20.1 Å². The van der Waals surface area contributed by atoms with E-state index in [-0.39, 0.29) is 23.3 Å². The second-order valence-electron chi connectivity index (χ2n) is 6.60. The molecule has 2 amide bonds. The quantitative estimate of drug-likeness (QED) is 0.418. The van der Waals surface area contributed by atoms with Crippen LogP contribution in [0.5, 0.6) is 0 Å². The number of aromatic nitrogens is 3. The van der Waals surface area contributed by atoms with Gasteiger partial charge in [0.15, 0.2) is 5.82 Å². The van der Waals surface area contributed by atoms with E-state index in [1.54, 1.807) is 13.0 Å². The first-order valence-electron chi connectivity index (χ1n) is 9.23. The van der Waals surface area contributed by atoms with Crippen LogP contribution in [0.2, 0.25) is 0 Å². The zero-order valence-electron chi connectivity index (χ0n) is 16.1. The number of aromatic amines is 1. The average Bonchev–Trinajstić information content (AvgIpc) is 3.34. The lowest BCUT2D eigenvalue weighted by Crippen LogP contribution is -2.18. The molecule has 4 rings (SSSR count). The van der Waals surface area contributed by atoms with Crippen LogP contribution in [-0.2, 0) is 9.59 Å². The highest BCUT2D eigenvalue weighted by atomic mass is 32.2. The van der Waals surface area contributed by atoms with Gasteiger partial charge in [-0.2, -0.15) is 0 Å². The largest absolute Gasteiger partial charge is 0.360 e. The van der Waals surface area contributed by atoms with Gasteiger partial charge in [-0.15, -0.1) is 11.8 Å². The van der Waals surface area contributed by atoms with Crippen LogP contribution in [0.3, 0.4) is 0 Å². The van der Waals surface area contributed by atoms with Crippen LogP contribution in [0.1, 0.15) is 5.76 Å². The van der Waals surface area contributed by atoms with Crippen molar-refractivity contribution in [3.8, 4) is 11.4 Å². The van der Waals surface area contributed by atoms with E-state index < -0.39 is 0 Å². The Labute approximate surface area is 176 Å². The summed E-state index contributed by atoms with van der Waals surface area (Å²) in [5.41, 5.74) is 3.38. The summed E-state index contributed by atoms with van der Waals surface area (Å²) < 4.78 is 4.89. The molecular formula is C21H19N5O3S. The molecule has 0 fully saturated rings. The molecule has 30 heavy (non-hydrogen) atoms. The lowest BCUT2D eigenvalue weighted by atomic mass is 10.2. The Morgan fingerprint density at radius 1 is 1.03 bits per heavy atom. The van der Waals surface area contributed by atoms with E-state index in [1.165, 1.54) is 11.8 Å². The fourth-order valence-corrected chi connectivity index (χ4v) is 3.49. The number of rotatable bonds is 7. The van der Waals surface area contributed by atoms with Gasteiger partial charge in [0.25, 0.3) is 0 Å². The molecule has 0 radical (unpaired) electrons. The minimum Gasteiger partial charge on any atom is -0.360 e. The molecule has 2 aromatic heterocycles. The van der Waals surface area contributed by atoms with Crippen molar-refractivity contribution in [3.63, 3.8) is 0 Å². The maximum absolute atomic E-state index is 12.2. The molecule has 2 heterocycles. The van der Waals surface area contributed by atoms with E-state index >= 15 is 0 Å². The summed E-state index contributed by atoms with van der Waals surface area (Å²) in [6, 6.07) is 16.9. The highest BCUT2D eigenvalue weighted by Gasteiger charge is 2.10. The summed E-state index contributed by atoms with van der Waals surface area (Å²) in [6.45, 7) is 1.74. The first-order valence-corrected chi connectivity index (χ1v) is 10.4.